The quantitative estimate of drug-likeness (QED) is 0.0807. The molecule has 0 aliphatic rings. The second-order valence-corrected chi connectivity index (χ2v) is 10.9. The summed E-state index contributed by atoms with van der Waals surface area (Å²) in [5.74, 6) is -1.72. The fourth-order valence-electron chi connectivity index (χ4n) is 4.81. The topological polar surface area (TPSA) is 83.8 Å². The number of aliphatic hydroxyl groups is 1. The first-order valence-electron chi connectivity index (χ1n) is 15.6. The van der Waals surface area contributed by atoms with Crippen LogP contribution in [-0.2, 0) is 14.3 Å². The van der Waals surface area contributed by atoms with E-state index in [0.717, 1.165) is 38.5 Å². The van der Waals surface area contributed by atoms with Gasteiger partial charge >= 0.3 is 11.9 Å². The molecule has 0 aromatic heterocycles. The number of carboxylic acids is 1. The minimum absolute atomic E-state index is 0.0985. The lowest BCUT2D eigenvalue weighted by Gasteiger charge is -2.17. The molecule has 0 bridgehead atoms. The van der Waals surface area contributed by atoms with Crippen LogP contribution < -0.4 is 0 Å². The summed E-state index contributed by atoms with van der Waals surface area (Å²) < 4.78 is 5.20. The number of aliphatic carboxylic acids is 1. The predicted molar refractivity (Wildman–Crippen MR) is 150 cm³/mol. The number of carboxylic acid groups (broad SMARTS) is 1. The van der Waals surface area contributed by atoms with Crippen LogP contribution in [0.1, 0.15) is 168 Å². The fraction of sp³-hybridized carbons (Fsp3) is 0.935. The number of esters is 1. The third-order valence-electron chi connectivity index (χ3n) is 7.23. The molecule has 5 heteroatoms. The third-order valence-corrected chi connectivity index (χ3v) is 7.23. The number of rotatable bonds is 28. The van der Waals surface area contributed by atoms with Gasteiger partial charge in [0, 0.05) is 6.42 Å². The summed E-state index contributed by atoms with van der Waals surface area (Å²) in [5.41, 5.74) is 0. The van der Waals surface area contributed by atoms with Gasteiger partial charge < -0.3 is 14.9 Å². The van der Waals surface area contributed by atoms with Gasteiger partial charge in [-0.15, -0.1) is 0 Å². The second kappa shape index (κ2) is 26.9. The Kier molecular flexibility index (Phi) is 26.1. The van der Waals surface area contributed by atoms with Crippen LogP contribution in [0.5, 0.6) is 0 Å². The Morgan fingerprint density at radius 1 is 0.611 bits per heavy atom. The lowest BCUT2D eigenvalue weighted by Crippen LogP contribution is -2.25. The van der Waals surface area contributed by atoms with Gasteiger partial charge in [0.05, 0.1) is 12.0 Å². The van der Waals surface area contributed by atoms with Crippen LogP contribution in [0.3, 0.4) is 0 Å². The van der Waals surface area contributed by atoms with E-state index in [-0.39, 0.29) is 19.0 Å². The van der Waals surface area contributed by atoms with Gasteiger partial charge in [0.1, 0.15) is 6.61 Å². The molecular weight excluding hydrogens is 452 g/mol. The maximum atomic E-state index is 11.9. The molecule has 0 spiro atoms. The van der Waals surface area contributed by atoms with Crippen molar-refractivity contribution in [3.63, 3.8) is 0 Å². The predicted octanol–water partition coefficient (Wildman–Crippen LogP) is 8.99. The SMILES string of the molecule is CCCCCCCCCCCCCC(=O)OCC(O)CC(CCCCCCCCCCCC)C(=O)O. The van der Waals surface area contributed by atoms with Gasteiger partial charge in [-0.25, -0.2) is 0 Å². The van der Waals surface area contributed by atoms with E-state index in [1.807, 2.05) is 0 Å². The number of ether oxygens (including phenoxy) is 1. The third kappa shape index (κ3) is 24.6. The number of carbonyl (C=O) groups excluding carboxylic acids is 1. The highest BCUT2D eigenvalue weighted by atomic mass is 16.5. The van der Waals surface area contributed by atoms with Crippen LogP contribution >= 0.6 is 0 Å². The largest absolute Gasteiger partial charge is 0.481 e. The Labute approximate surface area is 223 Å². The van der Waals surface area contributed by atoms with Gasteiger partial charge in [0.2, 0.25) is 0 Å². The molecule has 0 amide bonds. The van der Waals surface area contributed by atoms with Crippen molar-refractivity contribution in [1.82, 2.24) is 0 Å². The van der Waals surface area contributed by atoms with Crippen LogP contribution in [0.25, 0.3) is 0 Å². The van der Waals surface area contributed by atoms with E-state index in [0.29, 0.717) is 12.8 Å². The highest BCUT2D eigenvalue weighted by Gasteiger charge is 2.22. The summed E-state index contributed by atoms with van der Waals surface area (Å²) in [6.07, 6.45) is 25.9. The first-order chi connectivity index (χ1) is 17.5. The Hall–Kier alpha value is -1.10. The van der Waals surface area contributed by atoms with Crippen molar-refractivity contribution in [1.29, 1.82) is 0 Å². The average Bonchev–Trinajstić information content (AvgIpc) is 2.86. The van der Waals surface area contributed by atoms with E-state index in [2.05, 4.69) is 13.8 Å². The number of hydrogen-bond donors (Lipinski definition) is 2. The van der Waals surface area contributed by atoms with Crippen molar-refractivity contribution in [3.05, 3.63) is 0 Å². The molecule has 0 saturated carbocycles. The van der Waals surface area contributed by atoms with Crippen LogP contribution in [0.15, 0.2) is 0 Å². The highest BCUT2D eigenvalue weighted by Crippen LogP contribution is 2.19. The normalized spacial score (nSPS) is 13.0. The van der Waals surface area contributed by atoms with Crippen LogP contribution in [-0.4, -0.2) is 34.9 Å². The van der Waals surface area contributed by atoms with Gasteiger partial charge in [-0.05, 0) is 19.3 Å². The number of aliphatic hydroxyl groups excluding tert-OH is 1. The molecule has 0 aromatic rings. The Bertz CT molecular complexity index is 493. The molecule has 36 heavy (non-hydrogen) atoms. The Morgan fingerprint density at radius 2 is 1.00 bits per heavy atom. The van der Waals surface area contributed by atoms with Gasteiger partial charge in [-0.2, -0.15) is 0 Å². The Balaban J connectivity index is 3.70. The zero-order valence-corrected chi connectivity index (χ0v) is 24.0. The molecule has 0 radical (unpaired) electrons. The number of unbranched alkanes of at least 4 members (excludes halogenated alkanes) is 19. The average molecular weight is 513 g/mol. The maximum Gasteiger partial charge on any atom is 0.306 e. The van der Waals surface area contributed by atoms with E-state index < -0.39 is 18.0 Å². The van der Waals surface area contributed by atoms with Crippen molar-refractivity contribution in [3.8, 4) is 0 Å². The van der Waals surface area contributed by atoms with Gasteiger partial charge in [0.15, 0.2) is 0 Å². The van der Waals surface area contributed by atoms with Crippen LogP contribution in [0, 0.1) is 5.92 Å². The first-order valence-corrected chi connectivity index (χ1v) is 15.6. The van der Waals surface area contributed by atoms with E-state index >= 15 is 0 Å². The van der Waals surface area contributed by atoms with Gasteiger partial charge in [0.25, 0.3) is 0 Å². The lowest BCUT2D eigenvalue weighted by atomic mass is 9.94. The molecule has 0 aromatic carbocycles. The van der Waals surface area contributed by atoms with E-state index in [1.54, 1.807) is 0 Å². The summed E-state index contributed by atoms with van der Waals surface area (Å²) in [6, 6.07) is 0. The van der Waals surface area contributed by atoms with Crippen molar-refractivity contribution in [2.75, 3.05) is 6.61 Å². The molecule has 5 nitrogen and oxygen atoms in total. The smallest absolute Gasteiger partial charge is 0.306 e. The van der Waals surface area contributed by atoms with E-state index in [4.69, 9.17) is 4.74 Å². The molecule has 2 atom stereocenters. The molecule has 0 aliphatic heterocycles. The number of hydrogen-bond acceptors (Lipinski definition) is 4. The zero-order chi connectivity index (χ0) is 26.7. The second-order valence-electron chi connectivity index (χ2n) is 10.9. The maximum absolute atomic E-state index is 11.9. The van der Waals surface area contributed by atoms with Crippen LogP contribution in [0.2, 0.25) is 0 Å². The molecular formula is C31H60O5. The molecule has 0 saturated heterocycles. The summed E-state index contributed by atoms with van der Waals surface area (Å²) in [5, 5.41) is 19.7. The van der Waals surface area contributed by atoms with E-state index in [9.17, 15) is 19.8 Å². The van der Waals surface area contributed by atoms with Crippen molar-refractivity contribution < 1.29 is 24.5 Å². The molecule has 0 fully saturated rings. The summed E-state index contributed by atoms with van der Waals surface area (Å²) in [4.78, 5) is 23.5. The van der Waals surface area contributed by atoms with Crippen molar-refractivity contribution in [2.45, 2.75) is 174 Å². The summed E-state index contributed by atoms with van der Waals surface area (Å²) in [7, 11) is 0. The molecule has 0 heterocycles. The van der Waals surface area contributed by atoms with E-state index in [1.165, 1.54) is 96.3 Å². The minimum Gasteiger partial charge on any atom is -0.481 e. The van der Waals surface area contributed by atoms with Crippen LogP contribution in [0.4, 0.5) is 0 Å². The lowest BCUT2D eigenvalue weighted by molar-refractivity contribution is -0.148. The van der Waals surface area contributed by atoms with Gasteiger partial charge in [-0.1, -0.05) is 142 Å². The minimum atomic E-state index is -0.907. The monoisotopic (exact) mass is 512 g/mol. The number of carbonyl (C=O) groups is 2. The molecule has 214 valence electrons. The first kappa shape index (κ1) is 34.9. The van der Waals surface area contributed by atoms with Crippen molar-refractivity contribution >= 4 is 11.9 Å². The summed E-state index contributed by atoms with van der Waals surface area (Å²) >= 11 is 0. The molecule has 0 rings (SSSR count). The Morgan fingerprint density at radius 3 is 1.42 bits per heavy atom. The molecule has 2 N–H and O–H groups in total. The summed E-state index contributed by atoms with van der Waals surface area (Å²) in [6.45, 7) is 4.38. The van der Waals surface area contributed by atoms with Gasteiger partial charge in [-0.3, -0.25) is 9.59 Å². The molecule has 2 unspecified atom stereocenters. The zero-order valence-electron chi connectivity index (χ0n) is 24.0. The highest BCUT2D eigenvalue weighted by molar-refractivity contribution is 5.70. The molecule has 0 aliphatic carbocycles. The standard InChI is InChI=1S/C31H60O5/c1-3-5-7-9-11-13-15-17-19-21-23-25-30(33)36-27-29(32)26-28(31(34)35)24-22-20-18-16-14-12-10-8-6-4-2/h28-29,32H,3-27H2,1-2H3,(H,34,35). The fourth-order valence-corrected chi connectivity index (χ4v) is 4.81. The van der Waals surface area contributed by atoms with Crippen molar-refractivity contribution in [2.24, 2.45) is 5.92 Å².